The molecule has 1 aliphatic rings. The quantitative estimate of drug-likeness (QED) is 0.919. The molecular formula is C13H13F3N3O+. The molecule has 0 amide bonds. The Morgan fingerprint density at radius 1 is 1.20 bits per heavy atom. The largest absolute Gasteiger partial charge is 0.471 e. The molecule has 0 radical (unpaired) electrons. The van der Waals surface area contributed by atoms with Gasteiger partial charge in [0.2, 0.25) is 5.82 Å². The Hall–Kier alpha value is -1.89. The summed E-state index contributed by atoms with van der Waals surface area (Å²) in [6.45, 7) is 1.12. The van der Waals surface area contributed by atoms with Gasteiger partial charge in [-0.25, -0.2) is 0 Å². The van der Waals surface area contributed by atoms with Gasteiger partial charge in [0.15, 0.2) is 0 Å². The van der Waals surface area contributed by atoms with Gasteiger partial charge in [-0.3, -0.25) is 0 Å². The van der Waals surface area contributed by atoms with E-state index < -0.39 is 12.1 Å². The van der Waals surface area contributed by atoms with Crippen LogP contribution in [0.3, 0.4) is 0 Å². The van der Waals surface area contributed by atoms with Gasteiger partial charge in [0.1, 0.15) is 6.04 Å². The lowest BCUT2D eigenvalue weighted by Gasteiger charge is -2.07. The summed E-state index contributed by atoms with van der Waals surface area (Å²) < 4.78 is 41.4. The third kappa shape index (κ3) is 2.53. The predicted molar refractivity (Wildman–Crippen MR) is 63.5 cm³/mol. The van der Waals surface area contributed by atoms with E-state index in [4.69, 9.17) is 0 Å². The van der Waals surface area contributed by atoms with Crippen LogP contribution in [0.1, 0.15) is 30.3 Å². The Morgan fingerprint density at radius 3 is 2.50 bits per heavy atom. The molecule has 4 nitrogen and oxygen atoms in total. The Bertz CT molecular complexity index is 586. The van der Waals surface area contributed by atoms with Crippen molar-refractivity contribution in [1.29, 1.82) is 0 Å². The fourth-order valence-electron chi connectivity index (χ4n) is 2.41. The Labute approximate surface area is 113 Å². The molecule has 1 unspecified atom stereocenters. The second kappa shape index (κ2) is 4.90. The minimum Gasteiger partial charge on any atom is -0.340 e. The van der Waals surface area contributed by atoms with Gasteiger partial charge in [0.05, 0.1) is 6.54 Å². The van der Waals surface area contributed by atoms with Crippen molar-refractivity contribution >= 4 is 0 Å². The summed E-state index contributed by atoms with van der Waals surface area (Å²) in [5, 5.41) is 5.64. The van der Waals surface area contributed by atoms with Crippen molar-refractivity contribution in [2.24, 2.45) is 0 Å². The molecule has 1 aliphatic heterocycles. The van der Waals surface area contributed by atoms with Crippen LogP contribution in [0.25, 0.3) is 11.4 Å². The average Bonchev–Trinajstić information content (AvgIpc) is 3.10. The average molecular weight is 284 g/mol. The first-order valence-corrected chi connectivity index (χ1v) is 6.38. The van der Waals surface area contributed by atoms with Crippen molar-refractivity contribution in [3.05, 3.63) is 35.7 Å². The number of rotatable bonds is 2. The van der Waals surface area contributed by atoms with Crippen LogP contribution in [0, 0.1) is 0 Å². The number of nitrogens with zero attached hydrogens (tertiary/aromatic N) is 2. The van der Waals surface area contributed by atoms with Crippen LogP contribution in [0.2, 0.25) is 0 Å². The Balaban J connectivity index is 1.82. The zero-order chi connectivity index (χ0) is 14.2. The number of aromatic nitrogens is 2. The third-order valence-electron chi connectivity index (χ3n) is 3.44. The monoisotopic (exact) mass is 284 g/mol. The molecule has 20 heavy (non-hydrogen) atoms. The molecule has 2 heterocycles. The van der Waals surface area contributed by atoms with Crippen LogP contribution >= 0.6 is 0 Å². The number of nitrogens with two attached hydrogens (primary N) is 1. The molecule has 1 atom stereocenters. The molecule has 1 aromatic heterocycles. The Morgan fingerprint density at radius 2 is 1.95 bits per heavy atom. The van der Waals surface area contributed by atoms with Crippen LogP contribution in [0.15, 0.2) is 28.8 Å². The van der Waals surface area contributed by atoms with Gasteiger partial charge >= 0.3 is 12.1 Å². The third-order valence-corrected chi connectivity index (χ3v) is 3.44. The number of hydrogen-bond acceptors (Lipinski definition) is 3. The summed E-state index contributed by atoms with van der Waals surface area (Å²) in [6, 6.07) is 7.72. The van der Waals surface area contributed by atoms with E-state index in [0.29, 0.717) is 11.6 Å². The smallest absolute Gasteiger partial charge is 0.340 e. The summed E-state index contributed by atoms with van der Waals surface area (Å²) in [6.07, 6.45) is -2.30. The van der Waals surface area contributed by atoms with Crippen LogP contribution < -0.4 is 5.32 Å². The van der Waals surface area contributed by atoms with Crippen molar-refractivity contribution in [2.75, 3.05) is 6.54 Å². The second-order valence-corrected chi connectivity index (χ2v) is 4.82. The summed E-state index contributed by atoms with van der Waals surface area (Å²) in [7, 11) is 0. The van der Waals surface area contributed by atoms with Crippen LogP contribution in [-0.2, 0) is 6.18 Å². The van der Waals surface area contributed by atoms with E-state index in [2.05, 4.69) is 20.0 Å². The SMILES string of the molecule is FC(F)(F)c1nc(-c2ccc(C3CCC[NH2+]3)cc2)no1. The van der Waals surface area contributed by atoms with E-state index in [9.17, 15) is 13.2 Å². The standard InChI is InChI=1S/C13H12F3N3O/c14-13(15,16)12-18-11(19-20-12)9-5-3-8(4-6-9)10-2-1-7-17-10/h3-6,10,17H,1-2,7H2/p+1. The van der Waals surface area contributed by atoms with E-state index in [-0.39, 0.29) is 5.82 Å². The highest BCUT2D eigenvalue weighted by Gasteiger charge is 2.38. The predicted octanol–water partition coefficient (Wildman–Crippen LogP) is 2.15. The van der Waals surface area contributed by atoms with Crippen LogP contribution in [0.4, 0.5) is 13.2 Å². The first-order valence-electron chi connectivity index (χ1n) is 6.38. The zero-order valence-electron chi connectivity index (χ0n) is 10.5. The van der Waals surface area contributed by atoms with Gasteiger partial charge < -0.3 is 9.84 Å². The topological polar surface area (TPSA) is 55.5 Å². The molecule has 2 aromatic rings. The van der Waals surface area contributed by atoms with Gasteiger partial charge in [-0.05, 0) is 0 Å². The van der Waals surface area contributed by atoms with E-state index in [0.717, 1.165) is 13.0 Å². The van der Waals surface area contributed by atoms with Crippen LogP contribution in [-0.4, -0.2) is 16.7 Å². The molecule has 0 bridgehead atoms. The maximum atomic E-state index is 12.4. The van der Waals surface area contributed by atoms with Gasteiger partial charge in [-0.15, -0.1) is 0 Å². The number of alkyl halides is 3. The van der Waals surface area contributed by atoms with Gasteiger partial charge in [-0.1, -0.05) is 29.4 Å². The fourth-order valence-corrected chi connectivity index (χ4v) is 2.41. The molecule has 7 heteroatoms. The summed E-state index contributed by atoms with van der Waals surface area (Å²) in [5.41, 5.74) is 1.69. The van der Waals surface area contributed by atoms with E-state index >= 15 is 0 Å². The molecule has 0 spiro atoms. The summed E-state index contributed by atoms with van der Waals surface area (Å²) in [5.74, 6) is -1.36. The molecule has 2 N–H and O–H groups in total. The lowest BCUT2D eigenvalue weighted by atomic mass is 10.0. The molecule has 0 aliphatic carbocycles. The minimum absolute atomic E-state index is 0.0423. The van der Waals surface area contributed by atoms with E-state index in [1.165, 1.54) is 12.0 Å². The molecule has 1 fully saturated rings. The molecule has 0 saturated carbocycles. The van der Waals surface area contributed by atoms with E-state index in [1.54, 1.807) is 12.1 Å². The van der Waals surface area contributed by atoms with Crippen molar-refractivity contribution in [3.63, 3.8) is 0 Å². The van der Waals surface area contributed by atoms with Gasteiger partial charge in [-0.2, -0.15) is 18.2 Å². The molecule has 106 valence electrons. The number of hydrogen-bond donors (Lipinski definition) is 1. The van der Waals surface area contributed by atoms with Crippen molar-refractivity contribution in [3.8, 4) is 11.4 Å². The molecule has 1 saturated heterocycles. The molecule has 1 aromatic carbocycles. The Kier molecular flexibility index (Phi) is 3.21. The number of benzene rings is 1. The highest BCUT2D eigenvalue weighted by atomic mass is 19.4. The maximum Gasteiger partial charge on any atom is 0.471 e. The highest BCUT2D eigenvalue weighted by Crippen LogP contribution is 2.29. The molecular weight excluding hydrogens is 271 g/mol. The first kappa shape index (κ1) is 13.1. The zero-order valence-corrected chi connectivity index (χ0v) is 10.5. The number of halogens is 3. The fraction of sp³-hybridized carbons (Fsp3) is 0.385. The van der Waals surface area contributed by atoms with Crippen molar-refractivity contribution in [1.82, 2.24) is 10.1 Å². The van der Waals surface area contributed by atoms with Crippen LogP contribution in [0.5, 0.6) is 0 Å². The maximum absolute atomic E-state index is 12.4. The highest BCUT2D eigenvalue weighted by molar-refractivity contribution is 5.54. The van der Waals surface area contributed by atoms with Gasteiger partial charge in [0.25, 0.3) is 0 Å². The van der Waals surface area contributed by atoms with Crippen molar-refractivity contribution < 1.29 is 23.0 Å². The molecule has 3 rings (SSSR count). The first-order chi connectivity index (χ1) is 9.54. The lowest BCUT2D eigenvalue weighted by Crippen LogP contribution is -2.81. The summed E-state index contributed by atoms with van der Waals surface area (Å²) in [4.78, 5) is 3.37. The second-order valence-electron chi connectivity index (χ2n) is 4.82. The van der Waals surface area contributed by atoms with Crippen molar-refractivity contribution in [2.45, 2.75) is 25.1 Å². The van der Waals surface area contributed by atoms with Gasteiger partial charge in [0, 0.05) is 24.0 Å². The normalized spacial score (nSPS) is 19.4. The van der Waals surface area contributed by atoms with E-state index in [1.807, 2.05) is 12.1 Å². The summed E-state index contributed by atoms with van der Waals surface area (Å²) >= 11 is 0. The number of quaternary nitrogens is 1. The minimum atomic E-state index is -4.61. The lowest BCUT2D eigenvalue weighted by molar-refractivity contribution is -0.676.